The van der Waals surface area contributed by atoms with Gasteiger partial charge in [-0.3, -0.25) is 4.79 Å². The zero-order valence-electron chi connectivity index (χ0n) is 23.6. The summed E-state index contributed by atoms with van der Waals surface area (Å²) in [4.78, 5) is 30.4. The molecule has 2 aromatic heterocycles. The second kappa shape index (κ2) is 12.0. The zero-order valence-corrected chi connectivity index (χ0v) is 25.1. The average Bonchev–Trinajstić information content (AvgIpc) is 3.58. The summed E-state index contributed by atoms with van der Waals surface area (Å²) in [6, 6.07) is 10.6. The van der Waals surface area contributed by atoms with Crippen molar-refractivity contribution in [1.29, 1.82) is 5.26 Å². The second-order valence-electron chi connectivity index (χ2n) is 11.1. The van der Waals surface area contributed by atoms with Crippen LogP contribution in [-0.2, 0) is 17.8 Å². The van der Waals surface area contributed by atoms with Crippen molar-refractivity contribution in [2.75, 3.05) is 56.2 Å². The lowest BCUT2D eigenvalue weighted by atomic mass is 10.0. The van der Waals surface area contributed by atoms with Crippen LogP contribution in [0, 0.1) is 11.3 Å². The molecule has 0 unspecified atom stereocenters. The number of carbonyl (C=O) groups is 1. The molecule has 0 N–H and O–H groups in total. The number of fused-ring (bicyclic) bond motifs is 2. The third-order valence-corrected chi connectivity index (χ3v) is 9.84. The summed E-state index contributed by atoms with van der Waals surface area (Å²) < 4.78 is 21.9. The largest absolute Gasteiger partial charge is 0.462 e. The van der Waals surface area contributed by atoms with E-state index in [1.807, 2.05) is 6.07 Å². The van der Waals surface area contributed by atoms with Gasteiger partial charge in [0.15, 0.2) is 5.83 Å². The van der Waals surface area contributed by atoms with Gasteiger partial charge in [-0.15, -0.1) is 11.3 Å². The van der Waals surface area contributed by atoms with Crippen molar-refractivity contribution in [3.05, 3.63) is 52.3 Å². The first-order valence-corrected chi connectivity index (χ1v) is 15.4. The Balaban J connectivity index is 1.32. The van der Waals surface area contributed by atoms with Crippen molar-refractivity contribution in [3.63, 3.8) is 0 Å². The number of halogens is 2. The fourth-order valence-corrected chi connectivity index (χ4v) is 7.57. The minimum Gasteiger partial charge on any atom is -0.462 e. The number of amides is 1. The standard InChI is InChI=1S/C30H33ClFN7O2S/c1-19(32)29(40)39-14-13-38(16-21(39)8-10-33)28-23-9-12-37(25-7-3-5-20-15-26(31)42-27(20)25)17-24(23)34-30(35-28)41-18-22-6-4-11-36(22)2/h3,5,7,15,21-22H,1,4,6,8-9,11-14,16-18H2,2H3/t21-,22-/m0/s1. The van der Waals surface area contributed by atoms with Crippen LogP contribution in [0.4, 0.5) is 15.9 Å². The highest BCUT2D eigenvalue weighted by Gasteiger charge is 2.35. The number of hydrogen-bond donors (Lipinski definition) is 0. The maximum Gasteiger partial charge on any atom is 0.318 e. The number of hydrogen-bond acceptors (Lipinski definition) is 9. The van der Waals surface area contributed by atoms with E-state index in [4.69, 9.17) is 26.3 Å². The van der Waals surface area contributed by atoms with E-state index in [0.29, 0.717) is 38.3 Å². The molecular weight excluding hydrogens is 577 g/mol. The minimum atomic E-state index is -1.01. The maximum absolute atomic E-state index is 13.8. The first-order chi connectivity index (χ1) is 20.3. The molecule has 5 heterocycles. The van der Waals surface area contributed by atoms with Gasteiger partial charge in [0.05, 0.1) is 45.5 Å². The Bertz CT molecular complexity index is 1560. The van der Waals surface area contributed by atoms with Crippen LogP contribution in [0.3, 0.4) is 0 Å². The number of likely N-dealkylation sites (N-methyl/N-ethyl adjacent to an activating group) is 1. The summed E-state index contributed by atoms with van der Waals surface area (Å²) in [5, 5.41) is 10.6. The topological polar surface area (TPSA) is 88.8 Å². The first-order valence-electron chi connectivity index (χ1n) is 14.3. The van der Waals surface area contributed by atoms with Crippen molar-refractivity contribution in [3.8, 4) is 12.1 Å². The molecule has 3 aromatic rings. The number of thiophene rings is 1. The Morgan fingerprint density at radius 3 is 2.86 bits per heavy atom. The van der Waals surface area contributed by atoms with Gasteiger partial charge in [-0.25, -0.2) is 4.39 Å². The summed E-state index contributed by atoms with van der Waals surface area (Å²) >= 11 is 7.94. The van der Waals surface area contributed by atoms with Gasteiger partial charge in [0.1, 0.15) is 12.4 Å². The normalized spacial score (nSPS) is 21.0. The van der Waals surface area contributed by atoms with Crippen LogP contribution in [0.15, 0.2) is 36.7 Å². The summed E-state index contributed by atoms with van der Waals surface area (Å²) in [5.74, 6) is -1.01. The third kappa shape index (κ3) is 5.63. The lowest BCUT2D eigenvalue weighted by molar-refractivity contribution is -0.131. The maximum atomic E-state index is 13.8. The molecule has 3 aliphatic heterocycles. The molecule has 1 aromatic carbocycles. The number of nitriles is 1. The molecule has 2 fully saturated rings. The van der Waals surface area contributed by atoms with Crippen molar-refractivity contribution in [1.82, 2.24) is 19.8 Å². The fourth-order valence-electron chi connectivity index (χ4n) is 6.30. The van der Waals surface area contributed by atoms with Gasteiger partial charge in [-0.1, -0.05) is 30.3 Å². The van der Waals surface area contributed by atoms with Gasteiger partial charge >= 0.3 is 6.01 Å². The molecule has 2 saturated heterocycles. The van der Waals surface area contributed by atoms with E-state index in [1.54, 1.807) is 11.3 Å². The molecule has 2 atom stereocenters. The van der Waals surface area contributed by atoms with E-state index in [0.717, 1.165) is 69.5 Å². The highest BCUT2D eigenvalue weighted by molar-refractivity contribution is 7.23. The Morgan fingerprint density at radius 1 is 1.24 bits per heavy atom. The van der Waals surface area contributed by atoms with Gasteiger partial charge in [-0.05, 0) is 50.4 Å². The van der Waals surface area contributed by atoms with E-state index in [9.17, 15) is 14.4 Å². The number of anilines is 2. The Morgan fingerprint density at radius 2 is 2.10 bits per heavy atom. The molecule has 0 spiro atoms. The fraction of sp³-hybridized carbons (Fsp3) is 0.467. The molecule has 1 amide bonds. The van der Waals surface area contributed by atoms with Crippen molar-refractivity contribution >= 4 is 50.4 Å². The smallest absolute Gasteiger partial charge is 0.318 e. The quantitative estimate of drug-likeness (QED) is 0.353. The van der Waals surface area contributed by atoms with E-state index in [1.165, 1.54) is 4.90 Å². The van der Waals surface area contributed by atoms with E-state index in [2.05, 4.69) is 52.6 Å². The van der Waals surface area contributed by atoms with Gasteiger partial charge < -0.3 is 24.3 Å². The van der Waals surface area contributed by atoms with Crippen molar-refractivity contribution < 1.29 is 13.9 Å². The van der Waals surface area contributed by atoms with Crippen molar-refractivity contribution in [2.45, 2.75) is 44.3 Å². The average molecular weight is 610 g/mol. The summed E-state index contributed by atoms with van der Waals surface area (Å²) in [7, 11) is 2.11. The summed E-state index contributed by atoms with van der Waals surface area (Å²) in [6.45, 7) is 7.16. The van der Waals surface area contributed by atoms with Crippen LogP contribution in [0.2, 0.25) is 4.34 Å². The number of benzene rings is 1. The Kier molecular flexibility index (Phi) is 8.21. The van der Waals surface area contributed by atoms with Crippen molar-refractivity contribution in [2.24, 2.45) is 0 Å². The van der Waals surface area contributed by atoms with Crippen LogP contribution in [-0.4, -0.2) is 84.1 Å². The SMILES string of the molecule is C=C(F)C(=O)N1CCN(c2nc(OC[C@@H]3CCCN3C)nc3c2CCN(c2cccc4cc(Cl)sc24)C3)C[C@@H]1CC#N. The van der Waals surface area contributed by atoms with Crippen LogP contribution in [0.5, 0.6) is 6.01 Å². The van der Waals surface area contributed by atoms with Crippen LogP contribution >= 0.6 is 22.9 Å². The van der Waals surface area contributed by atoms with Crippen LogP contribution in [0.1, 0.15) is 30.5 Å². The Hall–Kier alpha value is -3.46. The number of carbonyl (C=O) groups excluding carboxylic acids is 1. The van der Waals surface area contributed by atoms with E-state index < -0.39 is 17.8 Å². The first kappa shape index (κ1) is 28.6. The molecule has 3 aliphatic rings. The van der Waals surface area contributed by atoms with Crippen LogP contribution < -0.4 is 14.5 Å². The van der Waals surface area contributed by atoms with Gasteiger partial charge in [0, 0.05) is 37.8 Å². The van der Waals surface area contributed by atoms with Gasteiger partial charge in [0.25, 0.3) is 5.91 Å². The summed E-state index contributed by atoms with van der Waals surface area (Å²) in [6.07, 6.45) is 3.01. The van der Waals surface area contributed by atoms with E-state index in [-0.39, 0.29) is 13.0 Å². The second-order valence-corrected chi connectivity index (χ2v) is 12.8. The zero-order chi connectivity index (χ0) is 29.4. The minimum absolute atomic E-state index is 0.0846. The Labute approximate surface area is 253 Å². The molecule has 6 rings (SSSR count). The number of rotatable bonds is 7. The number of likely N-dealkylation sites (tertiary alicyclic amines) is 1. The molecule has 12 heteroatoms. The predicted molar refractivity (Wildman–Crippen MR) is 163 cm³/mol. The lowest BCUT2D eigenvalue weighted by Crippen LogP contribution is -2.55. The highest BCUT2D eigenvalue weighted by Crippen LogP contribution is 2.39. The number of nitrogens with zero attached hydrogens (tertiary/aromatic N) is 7. The lowest BCUT2D eigenvalue weighted by Gasteiger charge is -2.42. The molecule has 9 nitrogen and oxygen atoms in total. The van der Waals surface area contributed by atoms with Crippen LogP contribution in [0.25, 0.3) is 10.1 Å². The monoisotopic (exact) mass is 609 g/mol. The number of aromatic nitrogens is 2. The molecule has 220 valence electrons. The number of piperazine rings is 1. The van der Waals surface area contributed by atoms with Gasteiger partial charge in [0.2, 0.25) is 0 Å². The molecular formula is C30H33ClFN7O2S. The molecule has 0 aliphatic carbocycles. The van der Waals surface area contributed by atoms with Gasteiger partial charge in [-0.2, -0.15) is 15.2 Å². The third-order valence-electron chi connectivity index (χ3n) is 8.54. The molecule has 0 saturated carbocycles. The molecule has 42 heavy (non-hydrogen) atoms. The predicted octanol–water partition coefficient (Wildman–Crippen LogP) is 4.79. The molecule has 0 bridgehead atoms. The number of ether oxygens (including phenoxy) is 1. The van der Waals surface area contributed by atoms with E-state index >= 15 is 0 Å². The summed E-state index contributed by atoms with van der Waals surface area (Å²) in [5.41, 5.74) is 3.06. The molecule has 0 radical (unpaired) electrons. The highest BCUT2D eigenvalue weighted by atomic mass is 35.5.